The van der Waals surface area contributed by atoms with Crippen molar-refractivity contribution < 1.29 is 4.74 Å². The molecule has 0 saturated carbocycles. The maximum Gasteiger partial charge on any atom is 0.120 e. The van der Waals surface area contributed by atoms with Gasteiger partial charge in [-0.2, -0.15) is 0 Å². The van der Waals surface area contributed by atoms with Gasteiger partial charge < -0.3 is 10.1 Å². The van der Waals surface area contributed by atoms with Gasteiger partial charge in [0.2, 0.25) is 0 Å². The number of rotatable bonds is 8. The molecule has 21 heavy (non-hydrogen) atoms. The lowest BCUT2D eigenvalue weighted by molar-refractivity contribution is 0.275. The second-order valence-corrected chi connectivity index (χ2v) is 6.12. The first kappa shape index (κ1) is 16.1. The van der Waals surface area contributed by atoms with E-state index in [4.69, 9.17) is 4.74 Å². The molecule has 1 N–H and O–H groups in total. The van der Waals surface area contributed by atoms with Crippen LogP contribution in [0.4, 0.5) is 0 Å². The number of hydrogen-bond donors (Lipinski definition) is 1. The van der Waals surface area contributed by atoms with Crippen molar-refractivity contribution in [2.75, 3.05) is 20.2 Å². The standard InChI is InChI=1S/C18H22BrNO/c1-20-14-16(12-15-6-3-2-4-7-15)10-11-21-18-9-5-8-17(19)13-18/h2-9,13,16,20H,10-12,14H2,1H3. The topological polar surface area (TPSA) is 21.3 Å². The highest BCUT2D eigenvalue weighted by molar-refractivity contribution is 9.10. The summed E-state index contributed by atoms with van der Waals surface area (Å²) in [5.74, 6) is 1.51. The Kier molecular flexibility index (Phi) is 6.77. The van der Waals surface area contributed by atoms with Gasteiger partial charge in [0.15, 0.2) is 0 Å². The minimum atomic E-state index is 0.588. The number of hydrogen-bond acceptors (Lipinski definition) is 2. The monoisotopic (exact) mass is 347 g/mol. The quantitative estimate of drug-likeness (QED) is 0.768. The van der Waals surface area contributed by atoms with Crippen LogP contribution in [0.2, 0.25) is 0 Å². The number of ether oxygens (including phenoxy) is 1. The van der Waals surface area contributed by atoms with E-state index in [1.165, 1.54) is 5.56 Å². The van der Waals surface area contributed by atoms with E-state index in [0.717, 1.165) is 36.2 Å². The van der Waals surface area contributed by atoms with Crippen molar-refractivity contribution in [2.24, 2.45) is 5.92 Å². The molecular weight excluding hydrogens is 326 g/mol. The first-order valence-electron chi connectivity index (χ1n) is 7.35. The van der Waals surface area contributed by atoms with Gasteiger partial charge >= 0.3 is 0 Å². The van der Waals surface area contributed by atoms with Crippen molar-refractivity contribution in [3.63, 3.8) is 0 Å². The Morgan fingerprint density at radius 2 is 1.90 bits per heavy atom. The van der Waals surface area contributed by atoms with Crippen molar-refractivity contribution in [2.45, 2.75) is 12.8 Å². The van der Waals surface area contributed by atoms with Crippen LogP contribution in [0.3, 0.4) is 0 Å². The van der Waals surface area contributed by atoms with Gasteiger partial charge in [0, 0.05) is 4.47 Å². The molecule has 2 aromatic carbocycles. The van der Waals surface area contributed by atoms with Gasteiger partial charge in [0.1, 0.15) is 5.75 Å². The van der Waals surface area contributed by atoms with Crippen LogP contribution in [0.25, 0.3) is 0 Å². The Bertz CT molecular complexity index is 530. The van der Waals surface area contributed by atoms with Gasteiger partial charge in [-0.1, -0.05) is 52.3 Å². The lowest BCUT2D eigenvalue weighted by Crippen LogP contribution is -2.22. The molecule has 0 aliphatic heterocycles. The minimum absolute atomic E-state index is 0.588. The van der Waals surface area contributed by atoms with E-state index < -0.39 is 0 Å². The summed E-state index contributed by atoms with van der Waals surface area (Å²) < 4.78 is 6.90. The third kappa shape index (κ3) is 5.90. The van der Waals surface area contributed by atoms with Crippen LogP contribution >= 0.6 is 15.9 Å². The van der Waals surface area contributed by atoms with Crippen molar-refractivity contribution in [3.8, 4) is 5.75 Å². The van der Waals surface area contributed by atoms with E-state index in [1.807, 2.05) is 31.3 Å². The van der Waals surface area contributed by atoms with E-state index in [1.54, 1.807) is 0 Å². The summed E-state index contributed by atoms with van der Waals surface area (Å²) in [7, 11) is 2.01. The van der Waals surface area contributed by atoms with Gasteiger partial charge in [-0.3, -0.25) is 0 Å². The highest BCUT2D eigenvalue weighted by atomic mass is 79.9. The molecule has 2 nitrogen and oxygen atoms in total. The first-order chi connectivity index (χ1) is 10.3. The van der Waals surface area contributed by atoms with Gasteiger partial charge in [-0.05, 0) is 56.1 Å². The average Bonchev–Trinajstić information content (AvgIpc) is 2.48. The fraction of sp³-hybridized carbons (Fsp3) is 0.333. The zero-order chi connectivity index (χ0) is 14.9. The maximum absolute atomic E-state index is 5.84. The molecule has 0 spiro atoms. The normalized spacial score (nSPS) is 12.1. The predicted molar refractivity (Wildman–Crippen MR) is 91.8 cm³/mol. The van der Waals surface area contributed by atoms with Crippen molar-refractivity contribution in [1.82, 2.24) is 5.32 Å². The van der Waals surface area contributed by atoms with E-state index in [-0.39, 0.29) is 0 Å². The summed E-state index contributed by atoms with van der Waals surface area (Å²) >= 11 is 3.46. The van der Waals surface area contributed by atoms with Crippen LogP contribution < -0.4 is 10.1 Å². The van der Waals surface area contributed by atoms with Crippen LogP contribution in [-0.4, -0.2) is 20.2 Å². The Hall–Kier alpha value is -1.32. The summed E-state index contributed by atoms with van der Waals surface area (Å²) in [4.78, 5) is 0. The summed E-state index contributed by atoms with van der Waals surface area (Å²) in [5.41, 5.74) is 1.39. The number of nitrogens with one attached hydrogen (secondary N) is 1. The molecule has 0 heterocycles. The van der Waals surface area contributed by atoms with Crippen LogP contribution in [0, 0.1) is 5.92 Å². The van der Waals surface area contributed by atoms with E-state index >= 15 is 0 Å². The Labute approximate surface area is 135 Å². The average molecular weight is 348 g/mol. The number of halogens is 1. The third-order valence-electron chi connectivity index (χ3n) is 3.45. The molecule has 112 valence electrons. The largest absolute Gasteiger partial charge is 0.494 e. The second kappa shape index (κ2) is 8.85. The van der Waals surface area contributed by atoms with Gasteiger partial charge in [0.25, 0.3) is 0 Å². The third-order valence-corrected chi connectivity index (χ3v) is 3.94. The summed E-state index contributed by atoms with van der Waals surface area (Å²) in [6.07, 6.45) is 2.13. The summed E-state index contributed by atoms with van der Waals surface area (Å²) in [6, 6.07) is 18.6. The zero-order valence-corrected chi connectivity index (χ0v) is 14.0. The van der Waals surface area contributed by atoms with Crippen molar-refractivity contribution in [1.29, 1.82) is 0 Å². The highest BCUT2D eigenvalue weighted by Crippen LogP contribution is 2.19. The molecule has 0 aromatic heterocycles. The highest BCUT2D eigenvalue weighted by Gasteiger charge is 2.09. The summed E-state index contributed by atoms with van der Waals surface area (Å²) in [5, 5.41) is 3.28. The zero-order valence-electron chi connectivity index (χ0n) is 12.4. The van der Waals surface area contributed by atoms with Crippen LogP contribution in [-0.2, 0) is 6.42 Å². The second-order valence-electron chi connectivity index (χ2n) is 5.21. The van der Waals surface area contributed by atoms with Crippen molar-refractivity contribution >= 4 is 15.9 Å². The van der Waals surface area contributed by atoms with E-state index in [0.29, 0.717) is 5.92 Å². The molecule has 3 heteroatoms. The van der Waals surface area contributed by atoms with E-state index in [9.17, 15) is 0 Å². The molecule has 2 aromatic rings. The van der Waals surface area contributed by atoms with Gasteiger partial charge in [-0.25, -0.2) is 0 Å². The predicted octanol–water partition coefficient (Wildman–Crippen LogP) is 4.30. The Morgan fingerprint density at radius 3 is 2.62 bits per heavy atom. The molecule has 2 rings (SSSR count). The molecule has 0 saturated heterocycles. The lowest BCUT2D eigenvalue weighted by Gasteiger charge is -2.17. The molecular formula is C18H22BrNO. The summed E-state index contributed by atoms with van der Waals surface area (Å²) in [6.45, 7) is 1.76. The van der Waals surface area contributed by atoms with Crippen molar-refractivity contribution in [3.05, 3.63) is 64.6 Å². The molecule has 0 aliphatic carbocycles. The molecule has 0 amide bonds. The first-order valence-corrected chi connectivity index (χ1v) is 8.14. The Morgan fingerprint density at radius 1 is 1.10 bits per heavy atom. The maximum atomic E-state index is 5.84. The van der Waals surface area contributed by atoms with E-state index in [2.05, 4.69) is 51.6 Å². The van der Waals surface area contributed by atoms with Crippen LogP contribution in [0.15, 0.2) is 59.1 Å². The SMILES string of the molecule is CNCC(CCOc1cccc(Br)c1)Cc1ccccc1. The Balaban J connectivity index is 1.82. The molecule has 0 fully saturated rings. The number of benzene rings is 2. The van der Waals surface area contributed by atoms with Crippen LogP contribution in [0.1, 0.15) is 12.0 Å². The molecule has 1 unspecified atom stereocenters. The fourth-order valence-electron chi connectivity index (χ4n) is 2.41. The van der Waals surface area contributed by atoms with Gasteiger partial charge in [-0.15, -0.1) is 0 Å². The van der Waals surface area contributed by atoms with Gasteiger partial charge in [0.05, 0.1) is 6.61 Å². The smallest absolute Gasteiger partial charge is 0.120 e. The molecule has 0 bridgehead atoms. The molecule has 0 radical (unpaired) electrons. The lowest BCUT2D eigenvalue weighted by atomic mass is 9.96. The van der Waals surface area contributed by atoms with Crippen LogP contribution in [0.5, 0.6) is 5.75 Å². The fourth-order valence-corrected chi connectivity index (χ4v) is 2.79. The molecule has 0 aliphatic rings. The minimum Gasteiger partial charge on any atom is -0.494 e. The molecule has 1 atom stereocenters.